The molecule has 0 aliphatic heterocycles. The molecule has 0 radical (unpaired) electrons. The summed E-state index contributed by atoms with van der Waals surface area (Å²) in [5, 5.41) is 0.884. The zero-order valence-corrected chi connectivity index (χ0v) is 8.48. The van der Waals surface area contributed by atoms with Crippen LogP contribution in [0.2, 0.25) is 0 Å². The van der Waals surface area contributed by atoms with Crippen molar-refractivity contribution in [2.75, 3.05) is 5.33 Å². The number of hydrogen-bond donors (Lipinski definition) is 1. The highest BCUT2D eigenvalue weighted by Gasteiger charge is 1.89. The van der Waals surface area contributed by atoms with E-state index in [9.17, 15) is 0 Å². The van der Waals surface area contributed by atoms with Gasteiger partial charge in [-0.2, -0.15) is 0 Å². The van der Waals surface area contributed by atoms with E-state index in [1.54, 1.807) is 0 Å². The van der Waals surface area contributed by atoms with Crippen LogP contribution in [-0.4, -0.2) is 5.33 Å². The minimum absolute atomic E-state index is 0.884. The Hall–Kier alpha value is -0.210. The fourth-order valence-corrected chi connectivity index (χ4v) is 1.22. The van der Waals surface area contributed by atoms with E-state index < -0.39 is 0 Å². The van der Waals surface area contributed by atoms with E-state index in [0.29, 0.717) is 0 Å². The lowest BCUT2D eigenvalue weighted by atomic mass is 10.2. The van der Waals surface area contributed by atoms with Gasteiger partial charge in [0.2, 0.25) is 0 Å². The molecule has 0 spiro atoms. The zero-order valence-electron chi connectivity index (χ0n) is 6.00. The molecule has 0 aliphatic rings. The monoisotopic (exact) mass is 228 g/mol. The van der Waals surface area contributed by atoms with E-state index in [4.69, 9.17) is 0 Å². The van der Waals surface area contributed by atoms with E-state index in [2.05, 4.69) is 40.7 Å². The van der Waals surface area contributed by atoms with Gasteiger partial charge in [-0.15, -0.1) is 12.6 Å². The standard InChI is InChI=1S/C9H9BrS/c10-7-3-5-8-4-1-2-6-9(8)11/h1-6,11H,7H2. The Morgan fingerprint density at radius 2 is 2.09 bits per heavy atom. The summed E-state index contributed by atoms with van der Waals surface area (Å²) in [4.78, 5) is 1.02. The molecule has 2 heteroatoms. The van der Waals surface area contributed by atoms with Crippen LogP contribution in [0.15, 0.2) is 35.2 Å². The second kappa shape index (κ2) is 4.62. The van der Waals surface area contributed by atoms with Crippen molar-refractivity contribution in [2.24, 2.45) is 0 Å². The van der Waals surface area contributed by atoms with Crippen molar-refractivity contribution in [2.45, 2.75) is 4.90 Å². The topological polar surface area (TPSA) is 0 Å². The van der Waals surface area contributed by atoms with Gasteiger partial charge < -0.3 is 0 Å². The maximum Gasteiger partial charge on any atom is 0.0215 e. The second-order valence-electron chi connectivity index (χ2n) is 2.12. The van der Waals surface area contributed by atoms with Gasteiger partial charge in [0.15, 0.2) is 0 Å². The van der Waals surface area contributed by atoms with Crippen molar-refractivity contribution in [3.05, 3.63) is 35.9 Å². The van der Waals surface area contributed by atoms with E-state index in [0.717, 1.165) is 15.8 Å². The average Bonchev–Trinajstić information content (AvgIpc) is 2.03. The molecule has 0 saturated heterocycles. The molecule has 58 valence electrons. The van der Waals surface area contributed by atoms with E-state index in [1.165, 1.54) is 0 Å². The van der Waals surface area contributed by atoms with E-state index >= 15 is 0 Å². The molecule has 11 heavy (non-hydrogen) atoms. The molecular formula is C9H9BrS. The van der Waals surface area contributed by atoms with Crippen LogP contribution in [-0.2, 0) is 0 Å². The fraction of sp³-hybridized carbons (Fsp3) is 0.111. The van der Waals surface area contributed by atoms with Gasteiger partial charge in [-0.1, -0.05) is 46.3 Å². The quantitative estimate of drug-likeness (QED) is 0.583. The van der Waals surface area contributed by atoms with Gasteiger partial charge in [0.1, 0.15) is 0 Å². The minimum atomic E-state index is 0.884. The van der Waals surface area contributed by atoms with Crippen LogP contribution in [0.1, 0.15) is 5.56 Å². The summed E-state index contributed by atoms with van der Waals surface area (Å²) in [6.07, 6.45) is 4.10. The molecule has 0 bridgehead atoms. The Labute approximate surface area is 80.9 Å². The first-order chi connectivity index (χ1) is 5.34. The van der Waals surface area contributed by atoms with Crippen LogP contribution < -0.4 is 0 Å². The van der Waals surface area contributed by atoms with E-state index in [-0.39, 0.29) is 0 Å². The summed E-state index contributed by atoms with van der Waals surface area (Å²) in [6.45, 7) is 0. The van der Waals surface area contributed by atoms with Crippen LogP contribution in [0.3, 0.4) is 0 Å². The summed E-state index contributed by atoms with van der Waals surface area (Å²) in [5.41, 5.74) is 1.16. The number of alkyl halides is 1. The highest BCUT2D eigenvalue weighted by Crippen LogP contribution is 2.14. The van der Waals surface area contributed by atoms with Gasteiger partial charge in [0.25, 0.3) is 0 Å². The molecule has 0 amide bonds. The van der Waals surface area contributed by atoms with E-state index in [1.807, 2.05) is 24.3 Å². The van der Waals surface area contributed by atoms with Crippen molar-refractivity contribution in [1.29, 1.82) is 0 Å². The van der Waals surface area contributed by atoms with Gasteiger partial charge in [-0.25, -0.2) is 0 Å². The van der Waals surface area contributed by atoms with Gasteiger partial charge >= 0.3 is 0 Å². The number of halogens is 1. The van der Waals surface area contributed by atoms with Crippen LogP contribution >= 0.6 is 28.6 Å². The molecule has 1 aromatic carbocycles. The Balaban J connectivity index is 2.86. The molecule has 0 nitrogen and oxygen atoms in total. The number of rotatable bonds is 2. The molecule has 0 unspecified atom stereocenters. The van der Waals surface area contributed by atoms with Crippen molar-refractivity contribution < 1.29 is 0 Å². The number of thiol groups is 1. The third kappa shape index (κ3) is 2.72. The summed E-state index contributed by atoms with van der Waals surface area (Å²) < 4.78 is 0. The number of allylic oxidation sites excluding steroid dienone is 1. The molecule has 0 aliphatic carbocycles. The Morgan fingerprint density at radius 3 is 2.73 bits per heavy atom. The molecule has 0 heterocycles. The Kier molecular flexibility index (Phi) is 3.73. The average molecular weight is 229 g/mol. The molecule has 1 rings (SSSR count). The van der Waals surface area contributed by atoms with Crippen molar-refractivity contribution in [1.82, 2.24) is 0 Å². The molecule has 1 aromatic rings. The van der Waals surface area contributed by atoms with Crippen molar-refractivity contribution in [3.8, 4) is 0 Å². The molecule has 0 fully saturated rings. The third-order valence-corrected chi connectivity index (χ3v) is 2.10. The molecular weight excluding hydrogens is 220 g/mol. The van der Waals surface area contributed by atoms with Gasteiger partial charge in [0.05, 0.1) is 0 Å². The normalized spacial score (nSPS) is 10.7. The van der Waals surface area contributed by atoms with Crippen molar-refractivity contribution >= 4 is 34.6 Å². The molecule has 0 saturated carbocycles. The lowest BCUT2D eigenvalue weighted by molar-refractivity contribution is 1.43. The van der Waals surface area contributed by atoms with Crippen LogP contribution in [0.4, 0.5) is 0 Å². The SMILES string of the molecule is Sc1ccccc1C=CCBr. The third-order valence-electron chi connectivity index (χ3n) is 1.32. The Morgan fingerprint density at radius 1 is 1.36 bits per heavy atom. The maximum absolute atomic E-state index is 4.30. The largest absolute Gasteiger partial charge is 0.143 e. The summed E-state index contributed by atoms with van der Waals surface area (Å²) >= 11 is 7.62. The lowest BCUT2D eigenvalue weighted by Gasteiger charge is -1.95. The summed E-state index contributed by atoms with van der Waals surface area (Å²) in [6, 6.07) is 8.01. The minimum Gasteiger partial charge on any atom is -0.143 e. The Bertz CT molecular complexity index is 255. The number of benzene rings is 1. The zero-order chi connectivity index (χ0) is 8.10. The highest BCUT2D eigenvalue weighted by atomic mass is 79.9. The van der Waals surface area contributed by atoms with Crippen LogP contribution in [0.25, 0.3) is 6.08 Å². The summed E-state index contributed by atoms with van der Waals surface area (Å²) in [7, 11) is 0. The predicted octanol–water partition coefficient (Wildman–Crippen LogP) is 3.38. The highest BCUT2D eigenvalue weighted by molar-refractivity contribution is 9.09. The second-order valence-corrected chi connectivity index (χ2v) is 3.24. The van der Waals surface area contributed by atoms with Gasteiger partial charge in [0, 0.05) is 10.2 Å². The van der Waals surface area contributed by atoms with Crippen LogP contribution in [0, 0.1) is 0 Å². The van der Waals surface area contributed by atoms with Crippen LogP contribution in [0.5, 0.6) is 0 Å². The van der Waals surface area contributed by atoms with Gasteiger partial charge in [-0.3, -0.25) is 0 Å². The van der Waals surface area contributed by atoms with Crippen molar-refractivity contribution in [3.63, 3.8) is 0 Å². The first-order valence-corrected chi connectivity index (χ1v) is 4.92. The molecule has 0 atom stereocenters. The summed E-state index contributed by atoms with van der Waals surface area (Å²) in [5.74, 6) is 0. The lowest BCUT2D eigenvalue weighted by Crippen LogP contribution is -1.73. The molecule has 0 aromatic heterocycles. The molecule has 0 N–H and O–H groups in total. The predicted molar refractivity (Wildman–Crippen MR) is 56.5 cm³/mol. The first-order valence-electron chi connectivity index (χ1n) is 3.35. The first kappa shape index (κ1) is 8.88. The maximum atomic E-state index is 4.30. The van der Waals surface area contributed by atoms with Gasteiger partial charge in [-0.05, 0) is 11.6 Å². The number of hydrogen-bond acceptors (Lipinski definition) is 1. The smallest absolute Gasteiger partial charge is 0.0215 e. The fourth-order valence-electron chi connectivity index (χ4n) is 0.800.